The highest BCUT2D eigenvalue weighted by atomic mass is 19.1. The normalized spacial score (nSPS) is 10.6. The summed E-state index contributed by atoms with van der Waals surface area (Å²) in [7, 11) is 1.59. The molecule has 0 aliphatic rings. The third kappa shape index (κ3) is 6.48. The van der Waals surface area contributed by atoms with Gasteiger partial charge in [0.05, 0.1) is 38.0 Å². The zero-order valence-electron chi connectivity index (χ0n) is 11.7. The number of ether oxygens (including phenoxy) is 4. The van der Waals surface area contributed by atoms with E-state index in [0.29, 0.717) is 26.4 Å². The first kappa shape index (κ1) is 17.3. The SMILES string of the molecule is COCCOCCOCCOc1cccc(F)c1[N+](=O)[O-]. The Morgan fingerprint density at radius 2 is 1.71 bits per heavy atom. The van der Waals surface area contributed by atoms with E-state index in [-0.39, 0.29) is 19.0 Å². The fraction of sp³-hybridized carbons (Fsp3) is 0.538. The molecule has 1 aromatic rings. The van der Waals surface area contributed by atoms with Crippen molar-refractivity contribution in [3.8, 4) is 5.75 Å². The second-order valence-electron chi connectivity index (χ2n) is 3.91. The summed E-state index contributed by atoms with van der Waals surface area (Å²) in [6.45, 7) is 2.11. The first-order valence-electron chi connectivity index (χ1n) is 6.37. The molecule has 1 aromatic carbocycles. The van der Waals surface area contributed by atoms with Crippen LogP contribution in [0, 0.1) is 15.9 Å². The van der Waals surface area contributed by atoms with Gasteiger partial charge in [-0.25, -0.2) is 0 Å². The summed E-state index contributed by atoms with van der Waals surface area (Å²) in [4.78, 5) is 9.92. The Morgan fingerprint density at radius 1 is 1.10 bits per heavy atom. The molecule has 0 fully saturated rings. The first-order valence-corrected chi connectivity index (χ1v) is 6.37. The number of benzene rings is 1. The summed E-state index contributed by atoms with van der Waals surface area (Å²) in [5.41, 5.74) is -0.666. The molecular weight excluding hydrogens is 285 g/mol. The van der Waals surface area contributed by atoms with Gasteiger partial charge in [0.25, 0.3) is 0 Å². The number of nitro benzene ring substituents is 1. The minimum Gasteiger partial charge on any atom is -0.484 e. The van der Waals surface area contributed by atoms with Crippen LogP contribution < -0.4 is 4.74 Å². The third-order valence-corrected chi connectivity index (χ3v) is 2.42. The summed E-state index contributed by atoms with van der Waals surface area (Å²) in [5, 5.41) is 10.7. The molecule has 0 unspecified atom stereocenters. The molecule has 0 N–H and O–H groups in total. The van der Waals surface area contributed by atoms with E-state index in [4.69, 9.17) is 18.9 Å². The van der Waals surface area contributed by atoms with Gasteiger partial charge >= 0.3 is 5.69 Å². The number of hydrogen-bond acceptors (Lipinski definition) is 6. The minimum absolute atomic E-state index is 0.0857. The lowest BCUT2D eigenvalue weighted by Crippen LogP contribution is -2.12. The van der Waals surface area contributed by atoms with Gasteiger partial charge in [-0.05, 0) is 12.1 Å². The van der Waals surface area contributed by atoms with Crippen molar-refractivity contribution in [3.63, 3.8) is 0 Å². The molecule has 21 heavy (non-hydrogen) atoms. The van der Waals surface area contributed by atoms with Crippen LogP contribution in [0.25, 0.3) is 0 Å². The Hall–Kier alpha value is -1.77. The number of halogens is 1. The molecule has 8 heteroatoms. The molecule has 0 bridgehead atoms. The molecule has 0 saturated heterocycles. The van der Waals surface area contributed by atoms with Crippen LogP contribution in [0.5, 0.6) is 5.75 Å². The molecule has 0 aliphatic carbocycles. The molecule has 0 spiro atoms. The second kappa shape index (κ2) is 10.0. The maximum absolute atomic E-state index is 13.3. The Balaban J connectivity index is 2.21. The number of nitro groups is 1. The average Bonchev–Trinajstić information content (AvgIpc) is 2.45. The highest BCUT2D eigenvalue weighted by molar-refractivity contribution is 5.47. The van der Waals surface area contributed by atoms with E-state index >= 15 is 0 Å². The zero-order chi connectivity index (χ0) is 15.5. The van der Waals surface area contributed by atoms with Gasteiger partial charge < -0.3 is 18.9 Å². The monoisotopic (exact) mass is 303 g/mol. The van der Waals surface area contributed by atoms with Crippen molar-refractivity contribution in [1.82, 2.24) is 0 Å². The molecule has 1 rings (SSSR count). The van der Waals surface area contributed by atoms with Gasteiger partial charge in [-0.2, -0.15) is 4.39 Å². The Bertz CT molecular complexity index is 443. The quantitative estimate of drug-likeness (QED) is 0.352. The van der Waals surface area contributed by atoms with Crippen molar-refractivity contribution in [2.45, 2.75) is 0 Å². The van der Waals surface area contributed by atoms with E-state index in [2.05, 4.69) is 0 Å². The van der Waals surface area contributed by atoms with Crippen LogP contribution in [-0.4, -0.2) is 51.7 Å². The summed E-state index contributed by atoms with van der Waals surface area (Å²) >= 11 is 0. The molecule has 0 radical (unpaired) electrons. The van der Waals surface area contributed by atoms with Gasteiger partial charge in [-0.15, -0.1) is 0 Å². The van der Waals surface area contributed by atoms with Crippen molar-refractivity contribution in [2.75, 3.05) is 46.8 Å². The molecule has 0 heterocycles. The van der Waals surface area contributed by atoms with Crippen LogP contribution in [0.4, 0.5) is 10.1 Å². The van der Waals surface area contributed by atoms with E-state index in [1.807, 2.05) is 0 Å². The van der Waals surface area contributed by atoms with E-state index in [0.717, 1.165) is 6.07 Å². The third-order valence-electron chi connectivity index (χ3n) is 2.42. The molecule has 7 nitrogen and oxygen atoms in total. The maximum atomic E-state index is 13.3. The Labute approximate surface area is 121 Å². The summed E-state index contributed by atoms with van der Waals surface area (Å²) in [5.74, 6) is -1.04. The van der Waals surface area contributed by atoms with Gasteiger partial charge in [0, 0.05) is 7.11 Å². The van der Waals surface area contributed by atoms with Crippen molar-refractivity contribution in [1.29, 1.82) is 0 Å². The number of hydrogen-bond donors (Lipinski definition) is 0. The van der Waals surface area contributed by atoms with Crippen molar-refractivity contribution < 1.29 is 28.3 Å². The molecule has 0 aromatic heterocycles. The molecular formula is C13H18FNO6. The lowest BCUT2D eigenvalue weighted by molar-refractivity contribution is -0.388. The zero-order valence-corrected chi connectivity index (χ0v) is 11.7. The minimum atomic E-state index is -0.926. The summed E-state index contributed by atoms with van der Waals surface area (Å²) in [6.07, 6.45) is 0. The predicted octanol–water partition coefficient (Wildman–Crippen LogP) is 1.79. The number of nitrogens with zero attached hydrogens (tertiary/aromatic N) is 1. The summed E-state index contributed by atoms with van der Waals surface area (Å²) < 4.78 is 33.6. The van der Waals surface area contributed by atoms with Crippen LogP contribution in [0.15, 0.2) is 18.2 Å². The van der Waals surface area contributed by atoms with Crippen molar-refractivity contribution >= 4 is 5.69 Å². The lowest BCUT2D eigenvalue weighted by atomic mass is 10.3. The topological polar surface area (TPSA) is 80.1 Å². The lowest BCUT2D eigenvalue weighted by Gasteiger charge is -2.08. The van der Waals surface area contributed by atoms with Gasteiger partial charge in [-0.1, -0.05) is 6.07 Å². The molecule has 0 amide bonds. The Kier molecular flexibility index (Phi) is 8.25. The largest absolute Gasteiger partial charge is 0.484 e. The van der Waals surface area contributed by atoms with Gasteiger partial charge in [0.15, 0.2) is 5.75 Å². The van der Waals surface area contributed by atoms with E-state index in [1.54, 1.807) is 7.11 Å². The predicted molar refractivity (Wildman–Crippen MR) is 72.1 cm³/mol. The smallest absolute Gasteiger partial charge is 0.346 e. The van der Waals surface area contributed by atoms with E-state index in [1.165, 1.54) is 12.1 Å². The fourth-order valence-electron chi connectivity index (χ4n) is 1.46. The van der Waals surface area contributed by atoms with Crippen LogP contribution >= 0.6 is 0 Å². The van der Waals surface area contributed by atoms with Crippen molar-refractivity contribution in [3.05, 3.63) is 34.1 Å². The van der Waals surface area contributed by atoms with Crippen LogP contribution in [-0.2, 0) is 14.2 Å². The van der Waals surface area contributed by atoms with E-state index in [9.17, 15) is 14.5 Å². The Morgan fingerprint density at radius 3 is 2.33 bits per heavy atom. The molecule has 0 saturated carbocycles. The number of rotatable bonds is 11. The highest BCUT2D eigenvalue weighted by Gasteiger charge is 2.20. The standard InChI is InChI=1S/C13H18FNO6/c1-18-5-6-19-7-8-20-9-10-21-12-4-2-3-11(14)13(12)15(16)17/h2-4H,5-10H2,1H3. The highest BCUT2D eigenvalue weighted by Crippen LogP contribution is 2.29. The molecule has 0 atom stereocenters. The van der Waals surface area contributed by atoms with Crippen LogP contribution in [0.2, 0.25) is 0 Å². The molecule has 118 valence electrons. The number of methoxy groups -OCH3 is 1. The van der Waals surface area contributed by atoms with Crippen molar-refractivity contribution in [2.24, 2.45) is 0 Å². The van der Waals surface area contributed by atoms with Crippen LogP contribution in [0.3, 0.4) is 0 Å². The first-order chi connectivity index (χ1) is 10.2. The maximum Gasteiger partial charge on any atom is 0.346 e. The number of para-hydroxylation sites is 1. The average molecular weight is 303 g/mol. The van der Waals surface area contributed by atoms with Gasteiger partial charge in [-0.3, -0.25) is 10.1 Å². The summed E-state index contributed by atoms with van der Waals surface area (Å²) in [6, 6.07) is 3.70. The fourth-order valence-corrected chi connectivity index (χ4v) is 1.46. The second-order valence-corrected chi connectivity index (χ2v) is 3.91. The van der Waals surface area contributed by atoms with Crippen LogP contribution in [0.1, 0.15) is 0 Å². The van der Waals surface area contributed by atoms with Gasteiger partial charge in [0.2, 0.25) is 5.82 Å². The van der Waals surface area contributed by atoms with Gasteiger partial charge in [0.1, 0.15) is 6.61 Å². The molecule has 0 aliphatic heterocycles. The van der Waals surface area contributed by atoms with E-state index < -0.39 is 16.4 Å².